The molecular formula is C17H23NO3S. The molecule has 0 saturated carbocycles. The summed E-state index contributed by atoms with van der Waals surface area (Å²) in [6, 6.07) is 6.99. The Morgan fingerprint density at radius 1 is 1.36 bits per heavy atom. The number of piperidine rings is 3. The minimum atomic E-state index is -3.66. The molecule has 3 saturated heterocycles. The van der Waals surface area contributed by atoms with Crippen LogP contribution in [0.2, 0.25) is 0 Å². The van der Waals surface area contributed by atoms with E-state index in [1.807, 2.05) is 13.0 Å². The minimum Gasteiger partial charge on any atom is -0.297 e. The smallest absolute Gasteiger partial charge is 0.297 e. The van der Waals surface area contributed by atoms with E-state index in [1.54, 1.807) is 24.3 Å². The number of rotatable bonds is 5. The van der Waals surface area contributed by atoms with Gasteiger partial charge in [-0.2, -0.15) is 8.42 Å². The average molecular weight is 321 g/mol. The molecule has 3 heterocycles. The summed E-state index contributed by atoms with van der Waals surface area (Å²) in [7, 11) is -3.66. The second-order valence-corrected chi connectivity index (χ2v) is 8.00. The zero-order valence-electron chi connectivity index (χ0n) is 12.9. The summed E-state index contributed by atoms with van der Waals surface area (Å²) >= 11 is 0. The number of nitrogens with zero attached hydrogens (tertiary/aromatic N) is 1. The number of benzene rings is 1. The maximum absolute atomic E-state index is 12.3. The van der Waals surface area contributed by atoms with Crippen LogP contribution in [0.15, 0.2) is 41.8 Å². The molecule has 1 unspecified atom stereocenters. The van der Waals surface area contributed by atoms with Gasteiger partial charge >= 0.3 is 0 Å². The largest absolute Gasteiger partial charge is 0.297 e. The standard InChI is InChI=1S/C17H23NO3S/c1-3-14-11-18-9-8-15(14)10-16(18)12-21-22(19,20)17-6-4-13(2)5-7-17/h3-7,14-16H,1,8-12H2,2H3/t14-,15-,16+/m0/s1. The highest BCUT2D eigenvalue weighted by molar-refractivity contribution is 7.86. The van der Waals surface area contributed by atoms with Crippen LogP contribution in [0.1, 0.15) is 18.4 Å². The monoisotopic (exact) mass is 321 g/mol. The van der Waals surface area contributed by atoms with Gasteiger partial charge in [0.1, 0.15) is 0 Å². The van der Waals surface area contributed by atoms with Crippen molar-refractivity contribution in [3.8, 4) is 0 Å². The molecule has 3 aliphatic rings. The Bertz CT molecular complexity index is 638. The number of fused-ring (bicyclic) bond motifs is 3. The van der Waals surface area contributed by atoms with Gasteiger partial charge in [0, 0.05) is 12.6 Å². The van der Waals surface area contributed by atoms with E-state index in [9.17, 15) is 8.42 Å². The minimum absolute atomic E-state index is 0.204. The molecule has 2 bridgehead atoms. The van der Waals surface area contributed by atoms with Crippen LogP contribution in [-0.2, 0) is 14.3 Å². The molecule has 120 valence electrons. The van der Waals surface area contributed by atoms with Crippen molar-refractivity contribution in [2.45, 2.75) is 30.7 Å². The molecule has 3 fully saturated rings. The maximum atomic E-state index is 12.3. The third kappa shape index (κ3) is 3.12. The summed E-state index contributed by atoms with van der Waals surface area (Å²) in [5.74, 6) is 1.16. The molecule has 0 amide bonds. The molecule has 4 atom stereocenters. The maximum Gasteiger partial charge on any atom is 0.297 e. The van der Waals surface area contributed by atoms with E-state index >= 15 is 0 Å². The van der Waals surface area contributed by atoms with Crippen LogP contribution in [0, 0.1) is 18.8 Å². The molecule has 1 aromatic carbocycles. The lowest BCUT2D eigenvalue weighted by Crippen LogP contribution is -2.54. The zero-order chi connectivity index (χ0) is 15.7. The Morgan fingerprint density at radius 2 is 2.09 bits per heavy atom. The van der Waals surface area contributed by atoms with Gasteiger partial charge in [-0.1, -0.05) is 23.8 Å². The highest BCUT2D eigenvalue weighted by Crippen LogP contribution is 2.37. The van der Waals surface area contributed by atoms with Crippen LogP contribution in [0.4, 0.5) is 0 Å². The van der Waals surface area contributed by atoms with Gasteiger partial charge < -0.3 is 0 Å². The average Bonchev–Trinajstić information content (AvgIpc) is 2.54. The number of hydrogen-bond donors (Lipinski definition) is 0. The van der Waals surface area contributed by atoms with Gasteiger partial charge in [-0.05, 0) is 50.3 Å². The first-order valence-electron chi connectivity index (χ1n) is 7.82. The molecular weight excluding hydrogens is 298 g/mol. The highest BCUT2D eigenvalue weighted by atomic mass is 32.2. The van der Waals surface area contributed by atoms with Gasteiger partial charge in [0.25, 0.3) is 10.1 Å². The van der Waals surface area contributed by atoms with Crippen molar-refractivity contribution in [3.05, 3.63) is 42.5 Å². The van der Waals surface area contributed by atoms with Gasteiger partial charge in [-0.3, -0.25) is 9.08 Å². The second-order valence-electron chi connectivity index (χ2n) is 6.38. The van der Waals surface area contributed by atoms with E-state index < -0.39 is 10.1 Å². The summed E-state index contributed by atoms with van der Waals surface area (Å²) < 4.78 is 29.8. The molecule has 0 aromatic heterocycles. The topological polar surface area (TPSA) is 46.6 Å². The van der Waals surface area contributed by atoms with Crippen molar-refractivity contribution < 1.29 is 12.6 Å². The molecule has 5 heteroatoms. The summed E-state index contributed by atoms with van der Waals surface area (Å²) in [5.41, 5.74) is 1.03. The molecule has 4 nitrogen and oxygen atoms in total. The first-order chi connectivity index (χ1) is 10.5. The van der Waals surface area contributed by atoms with Crippen LogP contribution in [0.3, 0.4) is 0 Å². The summed E-state index contributed by atoms with van der Waals surface area (Å²) in [5, 5.41) is 0. The third-order valence-corrected chi connectivity index (χ3v) is 6.25. The predicted octanol–water partition coefficient (Wildman–Crippen LogP) is 2.60. The van der Waals surface area contributed by atoms with Gasteiger partial charge in [0.2, 0.25) is 0 Å². The van der Waals surface area contributed by atoms with Crippen molar-refractivity contribution >= 4 is 10.1 Å². The summed E-state index contributed by atoms with van der Waals surface area (Å²) in [4.78, 5) is 2.58. The van der Waals surface area contributed by atoms with E-state index in [-0.39, 0.29) is 17.5 Å². The summed E-state index contributed by atoms with van der Waals surface area (Å²) in [6.45, 7) is 8.10. The summed E-state index contributed by atoms with van der Waals surface area (Å²) in [6.07, 6.45) is 4.22. The van der Waals surface area contributed by atoms with Crippen LogP contribution in [-0.4, -0.2) is 39.1 Å². The van der Waals surface area contributed by atoms with Gasteiger partial charge in [0.05, 0.1) is 11.5 Å². The van der Waals surface area contributed by atoms with Crippen molar-refractivity contribution in [1.29, 1.82) is 0 Å². The zero-order valence-corrected chi connectivity index (χ0v) is 13.8. The van der Waals surface area contributed by atoms with Crippen LogP contribution >= 0.6 is 0 Å². The lowest BCUT2D eigenvalue weighted by Gasteiger charge is -2.48. The first kappa shape index (κ1) is 15.7. The second kappa shape index (κ2) is 6.14. The van der Waals surface area contributed by atoms with Gasteiger partial charge in [-0.25, -0.2) is 0 Å². The predicted molar refractivity (Wildman–Crippen MR) is 86.1 cm³/mol. The lowest BCUT2D eigenvalue weighted by atomic mass is 9.76. The van der Waals surface area contributed by atoms with Crippen LogP contribution in [0.5, 0.6) is 0 Å². The Balaban J connectivity index is 1.63. The SMILES string of the molecule is C=C[C@H]1CN2CC[C@H]1C[C@@H]2COS(=O)(=O)c1ccc(C)cc1. The van der Waals surface area contributed by atoms with Crippen molar-refractivity contribution in [2.24, 2.45) is 11.8 Å². The molecule has 0 aliphatic carbocycles. The molecule has 3 aliphatic heterocycles. The first-order valence-corrected chi connectivity index (χ1v) is 9.23. The number of hydrogen-bond acceptors (Lipinski definition) is 4. The van der Waals surface area contributed by atoms with Crippen molar-refractivity contribution in [2.75, 3.05) is 19.7 Å². The van der Waals surface area contributed by atoms with Gasteiger partial charge in [0.15, 0.2) is 0 Å². The Hall–Kier alpha value is -1.17. The molecule has 0 N–H and O–H groups in total. The fourth-order valence-electron chi connectivity index (χ4n) is 3.56. The van der Waals surface area contributed by atoms with E-state index in [4.69, 9.17) is 4.18 Å². The van der Waals surface area contributed by atoms with E-state index in [1.165, 1.54) is 6.42 Å². The van der Waals surface area contributed by atoms with Crippen LogP contribution in [0.25, 0.3) is 0 Å². The van der Waals surface area contributed by atoms with Crippen LogP contribution < -0.4 is 0 Å². The third-order valence-electron chi connectivity index (χ3n) is 4.96. The Morgan fingerprint density at radius 3 is 2.68 bits per heavy atom. The normalized spacial score (nSPS) is 31.1. The van der Waals surface area contributed by atoms with E-state index in [0.717, 1.165) is 25.1 Å². The quantitative estimate of drug-likeness (QED) is 0.618. The molecule has 4 rings (SSSR count). The molecule has 1 aromatic rings. The molecule has 0 radical (unpaired) electrons. The highest BCUT2D eigenvalue weighted by Gasteiger charge is 2.39. The van der Waals surface area contributed by atoms with Crippen molar-refractivity contribution in [3.63, 3.8) is 0 Å². The lowest BCUT2D eigenvalue weighted by molar-refractivity contribution is -0.000392. The molecule has 0 spiro atoms. The number of aryl methyl sites for hydroxylation is 1. The fourth-order valence-corrected chi connectivity index (χ4v) is 4.50. The van der Waals surface area contributed by atoms with E-state index in [2.05, 4.69) is 11.5 Å². The van der Waals surface area contributed by atoms with Gasteiger partial charge in [-0.15, -0.1) is 6.58 Å². The Kier molecular flexibility index (Phi) is 4.39. The fraction of sp³-hybridized carbons (Fsp3) is 0.529. The Labute approximate surface area is 132 Å². The van der Waals surface area contributed by atoms with E-state index in [0.29, 0.717) is 11.8 Å². The molecule has 22 heavy (non-hydrogen) atoms. The van der Waals surface area contributed by atoms with Crippen molar-refractivity contribution in [1.82, 2.24) is 4.90 Å².